The van der Waals surface area contributed by atoms with E-state index < -0.39 is 10.0 Å². The minimum atomic E-state index is -3.32. The Morgan fingerprint density at radius 1 is 1.11 bits per heavy atom. The number of ether oxygens (including phenoxy) is 1. The molecule has 1 aliphatic rings. The normalized spacial score (nSPS) is 15.1. The van der Waals surface area contributed by atoms with Gasteiger partial charge in [-0.1, -0.05) is 30.7 Å². The van der Waals surface area contributed by atoms with Gasteiger partial charge >= 0.3 is 0 Å². The van der Waals surface area contributed by atoms with Crippen LogP contribution in [0.15, 0.2) is 59.6 Å². The Hall–Kier alpha value is -2.58. The van der Waals surface area contributed by atoms with Crippen LogP contribution in [0.3, 0.4) is 0 Å². The summed E-state index contributed by atoms with van der Waals surface area (Å²) in [5.74, 6) is 1.95. The predicted molar refractivity (Wildman–Crippen MR) is 112 cm³/mol. The van der Waals surface area contributed by atoms with Crippen molar-refractivity contribution in [3.05, 3.63) is 54.6 Å². The molecular weight excluding hydrogens is 376 g/mol. The van der Waals surface area contributed by atoms with Gasteiger partial charge in [-0.3, -0.25) is 4.99 Å². The number of hydrogen-bond acceptors (Lipinski definition) is 4. The molecule has 0 bridgehead atoms. The molecule has 0 unspecified atom stereocenters. The summed E-state index contributed by atoms with van der Waals surface area (Å²) in [5.41, 5.74) is 6.58. The van der Waals surface area contributed by atoms with Gasteiger partial charge in [-0.2, -0.15) is 0 Å². The molecule has 1 fully saturated rings. The molecule has 1 aliphatic carbocycles. The molecule has 0 saturated heterocycles. The fourth-order valence-electron chi connectivity index (χ4n) is 2.75. The number of benzene rings is 2. The maximum Gasteiger partial charge on any atom is 0.213 e. The van der Waals surface area contributed by atoms with Crippen molar-refractivity contribution in [1.29, 1.82) is 0 Å². The fourth-order valence-corrected chi connectivity index (χ4v) is 3.72. The minimum absolute atomic E-state index is 0.0841. The van der Waals surface area contributed by atoms with Crippen LogP contribution in [0.1, 0.15) is 19.3 Å². The predicted octanol–water partition coefficient (Wildman–Crippen LogP) is 2.93. The van der Waals surface area contributed by atoms with Crippen molar-refractivity contribution < 1.29 is 13.2 Å². The molecule has 0 atom stereocenters. The molecule has 0 amide bonds. The summed E-state index contributed by atoms with van der Waals surface area (Å²) in [4.78, 5) is 4.10. The van der Waals surface area contributed by atoms with E-state index in [1.807, 2.05) is 48.5 Å². The van der Waals surface area contributed by atoms with Crippen molar-refractivity contribution in [3.63, 3.8) is 0 Å². The first kappa shape index (κ1) is 20.2. The summed E-state index contributed by atoms with van der Waals surface area (Å²) >= 11 is 0. The quantitative estimate of drug-likeness (QED) is 0.442. The highest BCUT2D eigenvalue weighted by Crippen LogP contribution is 2.25. The lowest BCUT2D eigenvalue weighted by molar-refractivity contribution is 0.316. The van der Waals surface area contributed by atoms with Crippen molar-refractivity contribution in [1.82, 2.24) is 4.72 Å². The molecule has 0 aromatic heterocycles. The van der Waals surface area contributed by atoms with E-state index in [-0.39, 0.29) is 18.3 Å². The first-order valence-corrected chi connectivity index (χ1v) is 11.0. The highest BCUT2D eigenvalue weighted by molar-refractivity contribution is 7.89. The molecule has 3 rings (SSSR count). The molecule has 0 radical (unpaired) electrons. The number of aliphatic imine (C=N–C) groups is 1. The van der Waals surface area contributed by atoms with Crippen LogP contribution in [-0.2, 0) is 10.0 Å². The van der Waals surface area contributed by atoms with Crippen LogP contribution in [0.2, 0.25) is 0 Å². The van der Waals surface area contributed by atoms with E-state index in [4.69, 9.17) is 10.5 Å². The standard InChI is InChI=1S/C20H26N4O3S/c21-20(22-12-13-28(25,26)23-15-16-6-4-7-16)24-17-8-5-11-19(14-17)27-18-9-2-1-3-10-18/h1-3,5,8-11,14,16,23H,4,6-7,12-13,15H2,(H3,21,22,24). The Kier molecular flexibility index (Phi) is 6.89. The lowest BCUT2D eigenvalue weighted by Crippen LogP contribution is -2.34. The molecule has 2 aromatic rings. The van der Waals surface area contributed by atoms with E-state index in [1.165, 1.54) is 6.42 Å². The number of nitrogens with zero attached hydrogens (tertiary/aromatic N) is 1. The summed E-state index contributed by atoms with van der Waals surface area (Å²) in [6.45, 7) is 0.618. The van der Waals surface area contributed by atoms with Crippen LogP contribution in [0.4, 0.5) is 5.69 Å². The van der Waals surface area contributed by atoms with Gasteiger partial charge in [0, 0.05) is 18.3 Å². The smallest absolute Gasteiger partial charge is 0.213 e. The van der Waals surface area contributed by atoms with Gasteiger partial charge in [0.15, 0.2) is 5.96 Å². The molecule has 0 aliphatic heterocycles. The fraction of sp³-hybridized carbons (Fsp3) is 0.350. The van der Waals surface area contributed by atoms with Crippen LogP contribution in [-0.4, -0.2) is 33.2 Å². The van der Waals surface area contributed by atoms with Crippen molar-refractivity contribution >= 4 is 21.7 Å². The van der Waals surface area contributed by atoms with E-state index in [2.05, 4.69) is 15.0 Å². The third kappa shape index (κ3) is 6.54. The van der Waals surface area contributed by atoms with Gasteiger partial charge in [0.05, 0.1) is 12.3 Å². The molecule has 28 heavy (non-hydrogen) atoms. The maximum atomic E-state index is 12.0. The lowest BCUT2D eigenvalue weighted by Gasteiger charge is -2.25. The van der Waals surface area contributed by atoms with Gasteiger partial charge < -0.3 is 15.8 Å². The van der Waals surface area contributed by atoms with Gasteiger partial charge in [0.1, 0.15) is 11.5 Å². The number of para-hydroxylation sites is 1. The highest BCUT2D eigenvalue weighted by atomic mass is 32.2. The Morgan fingerprint density at radius 3 is 2.57 bits per heavy atom. The van der Waals surface area contributed by atoms with Crippen LogP contribution in [0.25, 0.3) is 0 Å². The van der Waals surface area contributed by atoms with Crippen LogP contribution in [0, 0.1) is 5.92 Å². The zero-order valence-corrected chi connectivity index (χ0v) is 16.5. The Balaban J connectivity index is 1.48. The van der Waals surface area contributed by atoms with Gasteiger partial charge in [-0.15, -0.1) is 0 Å². The maximum absolute atomic E-state index is 12.0. The van der Waals surface area contributed by atoms with Gasteiger partial charge in [-0.05, 0) is 43.0 Å². The van der Waals surface area contributed by atoms with E-state index in [1.54, 1.807) is 6.07 Å². The summed E-state index contributed by atoms with van der Waals surface area (Å²) in [6.07, 6.45) is 3.39. The van der Waals surface area contributed by atoms with Crippen LogP contribution >= 0.6 is 0 Å². The second kappa shape index (κ2) is 9.57. The number of nitrogens with one attached hydrogen (secondary N) is 2. The zero-order valence-electron chi connectivity index (χ0n) is 15.7. The molecular formula is C20H26N4O3S. The number of anilines is 1. The second-order valence-electron chi connectivity index (χ2n) is 6.80. The van der Waals surface area contributed by atoms with Crippen LogP contribution in [0.5, 0.6) is 11.5 Å². The topological polar surface area (TPSA) is 106 Å². The number of guanidine groups is 1. The Morgan fingerprint density at radius 2 is 1.86 bits per heavy atom. The van der Waals surface area contributed by atoms with Crippen molar-refractivity contribution in [2.24, 2.45) is 16.6 Å². The first-order chi connectivity index (χ1) is 13.5. The summed E-state index contributed by atoms with van der Waals surface area (Å²) in [7, 11) is -3.32. The van der Waals surface area contributed by atoms with E-state index >= 15 is 0 Å². The first-order valence-electron chi connectivity index (χ1n) is 9.37. The highest BCUT2D eigenvalue weighted by Gasteiger charge is 2.19. The molecule has 8 heteroatoms. The van der Waals surface area contributed by atoms with Gasteiger partial charge in [0.2, 0.25) is 10.0 Å². The van der Waals surface area contributed by atoms with Crippen molar-refractivity contribution in [3.8, 4) is 11.5 Å². The minimum Gasteiger partial charge on any atom is -0.457 e. The molecule has 0 spiro atoms. The molecule has 4 N–H and O–H groups in total. The third-order valence-electron chi connectivity index (χ3n) is 4.54. The van der Waals surface area contributed by atoms with Gasteiger partial charge in [0.25, 0.3) is 0 Å². The largest absolute Gasteiger partial charge is 0.457 e. The summed E-state index contributed by atoms with van der Waals surface area (Å²) in [6, 6.07) is 16.8. The average molecular weight is 403 g/mol. The third-order valence-corrected chi connectivity index (χ3v) is 5.87. The van der Waals surface area contributed by atoms with Crippen LogP contribution < -0.4 is 20.5 Å². The summed E-state index contributed by atoms with van der Waals surface area (Å²) < 4.78 is 32.4. The molecule has 0 heterocycles. The molecule has 2 aromatic carbocycles. The number of hydrogen-bond donors (Lipinski definition) is 3. The Bertz CT molecular complexity index is 897. The van der Waals surface area contributed by atoms with Crippen molar-refractivity contribution in [2.75, 3.05) is 24.2 Å². The van der Waals surface area contributed by atoms with Crippen molar-refractivity contribution in [2.45, 2.75) is 19.3 Å². The number of rotatable bonds is 9. The lowest BCUT2D eigenvalue weighted by atomic mass is 9.86. The van der Waals surface area contributed by atoms with E-state index in [0.717, 1.165) is 18.6 Å². The average Bonchev–Trinajstić information content (AvgIpc) is 2.61. The molecule has 1 saturated carbocycles. The molecule has 7 nitrogen and oxygen atoms in total. The molecule has 150 valence electrons. The zero-order chi connectivity index (χ0) is 19.8. The van der Waals surface area contributed by atoms with E-state index in [9.17, 15) is 8.42 Å². The SMILES string of the molecule is NC(=NCCS(=O)(=O)NCC1CCC1)Nc1cccc(Oc2ccccc2)c1. The number of nitrogens with two attached hydrogens (primary N) is 1. The van der Waals surface area contributed by atoms with E-state index in [0.29, 0.717) is 23.9 Å². The number of sulfonamides is 1. The Labute approximate surface area is 166 Å². The second-order valence-corrected chi connectivity index (χ2v) is 8.73. The monoisotopic (exact) mass is 402 g/mol. The summed E-state index contributed by atoms with van der Waals surface area (Å²) in [5, 5.41) is 2.96. The van der Waals surface area contributed by atoms with Gasteiger partial charge in [-0.25, -0.2) is 13.1 Å².